The van der Waals surface area contributed by atoms with Gasteiger partial charge in [-0.25, -0.2) is 4.98 Å². The molecule has 1 N–H and O–H groups in total. The van der Waals surface area contributed by atoms with Crippen molar-refractivity contribution >= 4 is 17.4 Å². The van der Waals surface area contributed by atoms with Gasteiger partial charge in [0.1, 0.15) is 12.4 Å². The molecule has 3 aromatic rings. The van der Waals surface area contributed by atoms with E-state index < -0.39 is 0 Å². The number of hydrogen-bond donors (Lipinski definition) is 1. The first-order valence-electron chi connectivity index (χ1n) is 8.79. The van der Waals surface area contributed by atoms with Gasteiger partial charge in [0.15, 0.2) is 11.6 Å². The van der Waals surface area contributed by atoms with Crippen molar-refractivity contribution in [2.24, 2.45) is 0 Å². The highest BCUT2D eigenvalue weighted by Crippen LogP contribution is 2.32. The van der Waals surface area contributed by atoms with Gasteiger partial charge in [-0.3, -0.25) is 0 Å². The summed E-state index contributed by atoms with van der Waals surface area (Å²) in [4.78, 5) is 10.2. The lowest BCUT2D eigenvalue weighted by molar-refractivity contribution is 0.261. The molecule has 28 heavy (non-hydrogen) atoms. The Bertz CT molecular complexity index is 891. The first-order chi connectivity index (χ1) is 13.6. The molecule has 1 atom stereocenters. The van der Waals surface area contributed by atoms with Crippen LogP contribution < -0.4 is 14.4 Å². The molecule has 0 aliphatic rings. The van der Waals surface area contributed by atoms with E-state index in [4.69, 9.17) is 21.1 Å². The van der Waals surface area contributed by atoms with Gasteiger partial charge in [0.25, 0.3) is 0 Å². The quantitative estimate of drug-likeness (QED) is 0.579. The van der Waals surface area contributed by atoms with Crippen molar-refractivity contribution in [2.75, 3.05) is 25.7 Å². The van der Waals surface area contributed by atoms with Crippen LogP contribution >= 0.6 is 11.6 Å². The number of aromatic nitrogens is 2. The predicted molar refractivity (Wildman–Crippen MR) is 109 cm³/mol. The van der Waals surface area contributed by atoms with E-state index in [-0.39, 0.29) is 17.9 Å². The second-order valence-corrected chi connectivity index (χ2v) is 6.52. The molecular weight excluding hydrogens is 378 g/mol. The Morgan fingerprint density at radius 3 is 2.46 bits per heavy atom. The fraction of sp³-hybridized carbons (Fsp3) is 0.238. The highest BCUT2D eigenvalue weighted by molar-refractivity contribution is 6.28. The molecule has 1 aromatic heterocycles. The summed E-state index contributed by atoms with van der Waals surface area (Å²) in [6.07, 6.45) is 1.55. The Hall–Kier alpha value is -2.83. The van der Waals surface area contributed by atoms with Gasteiger partial charge in [0.05, 0.1) is 26.0 Å². The molecule has 7 heteroatoms. The maximum Gasteiger partial charge on any atom is 0.224 e. The van der Waals surface area contributed by atoms with Crippen LogP contribution in [0.15, 0.2) is 60.8 Å². The number of ether oxygens (including phenoxy) is 2. The van der Waals surface area contributed by atoms with Crippen LogP contribution in [0.1, 0.15) is 17.2 Å². The number of aliphatic hydroxyl groups is 1. The maximum atomic E-state index is 9.96. The molecule has 146 valence electrons. The Morgan fingerprint density at radius 1 is 1.11 bits per heavy atom. The fourth-order valence-electron chi connectivity index (χ4n) is 2.85. The first kappa shape index (κ1) is 19.9. The Morgan fingerprint density at radius 2 is 1.82 bits per heavy atom. The summed E-state index contributed by atoms with van der Waals surface area (Å²) in [6.45, 7) is 0.255. The van der Waals surface area contributed by atoms with Gasteiger partial charge in [-0.05, 0) is 34.9 Å². The second kappa shape index (κ2) is 9.39. The third kappa shape index (κ3) is 4.71. The van der Waals surface area contributed by atoms with Gasteiger partial charge < -0.3 is 19.5 Å². The lowest BCUT2D eigenvalue weighted by Gasteiger charge is -2.29. The molecule has 0 bridgehead atoms. The van der Waals surface area contributed by atoms with Crippen molar-refractivity contribution < 1.29 is 14.6 Å². The number of nitrogens with zero attached hydrogens (tertiary/aromatic N) is 3. The van der Waals surface area contributed by atoms with Crippen LogP contribution in [0.4, 0.5) is 5.82 Å². The minimum Gasteiger partial charge on any atom is -0.497 e. The fourth-order valence-corrected chi connectivity index (χ4v) is 2.98. The molecule has 0 saturated heterocycles. The zero-order valence-electron chi connectivity index (χ0n) is 15.7. The number of rotatable bonds is 8. The molecule has 0 saturated carbocycles. The third-order valence-corrected chi connectivity index (χ3v) is 4.60. The van der Waals surface area contributed by atoms with E-state index in [0.717, 1.165) is 16.9 Å². The van der Waals surface area contributed by atoms with Gasteiger partial charge in [0.2, 0.25) is 5.28 Å². The molecule has 0 radical (unpaired) electrons. The summed E-state index contributed by atoms with van der Waals surface area (Å²) in [7, 11) is 3.47. The number of anilines is 1. The van der Waals surface area contributed by atoms with Crippen LogP contribution in [0.3, 0.4) is 0 Å². The van der Waals surface area contributed by atoms with Crippen molar-refractivity contribution in [1.82, 2.24) is 9.97 Å². The van der Waals surface area contributed by atoms with Crippen molar-refractivity contribution in [3.63, 3.8) is 0 Å². The maximum absolute atomic E-state index is 9.96. The molecule has 0 fully saturated rings. The van der Waals surface area contributed by atoms with Crippen LogP contribution in [0.5, 0.6) is 11.5 Å². The molecule has 0 spiro atoms. The average Bonchev–Trinajstić information content (AvgIpc) is 2.74. The van der Waals surface area contributed by atoms with Gasteiger partial charge in [-0.1, -0.05) is 42.5 Å². The highest BCUT2D eigenvalue weighted by atomic mass is 35.5. The third-order valence-electron chi connectivity index (χ3n) is 4.42. The summed E-state index contributed by atoms with van der Waals surface area (Å²) in [5, 5.41) is 10.1. The molecule has 0 aliphatic carbocycles. The highest BCUT2D eigenvalue weighted by Gasteiger charge is 2.22. The van der Waals surface area contributed by atoms with Crippen LogP contribution in [-0.4, -0.2) is 35.8 Å². The first-order valence-corrected chi connectivity index (χ1v) is 9.17. The van der Waals surface area contributed by atoms with E-state index in [1.54, 1.807) is 13.3 Å². The molecule has 1 unspecified atom stereocenters. The lowest BCUT2D eigenvalue weighted by Crippen LogP contribution is -2.28. The molecule has 1 heterocycles. The van der Waals surface area contributed by atoms with E-state index in [1.165, 1.54) is 0 Å². The van der Waals surface area contributed by atoms with Crippen LogP contribution in [0.2, 0.25) is 5.28 Å². The van der Waals surface area contributed by atoms with Crippen molar-refractivity contribution in [2.45, 2.75) is 12.6 Å². The van der Waals surface area contributed by atoms with Crippen molar-refractivity contribution in [3.05, 3.63) is 77.2 Å². The second-order valence-electron chi connectivity index (χ2n) is 6.18. The van der Waals surface area contributed by atoms with E-state index >= 15 is 0 Å². The van der Waals surface area contributed by atoms with E-state index in [9.17, 15) is 5.11 Å². The lowest BCUT2D eigenvalue weighted by atomic mass is 10.1. The van der Waals surface area contributed by atoms with E-state index in [2.05, 4.69) is 9.97 Å². The van der Waals surface area contributed by atoms with E-state index in [1.807, 2.05) is 66.5 Å². The molecule has 6 nitrogen and oxygen atoms in total. The Labute approximate surface area is 169 Å². The summed E-state index contributed by atoms with van der Waals surface area (Å²) < 4.78 is 11.1. The number of benzene rings is 2. The minimum absolute atomic E-state index is 0.0833. The average molecular weight is 400 g/mol. The molecule has 2 aromatic carbocycles. The van der Waals surface area contributed by atoms with E-state index in [0.29, 0.717) is 18.2 Å². The summed E-state index contributed by atoms with van der Waals surface area (Å²) >= 11 is 6.02. The predicted octanol–water partition coefficient (Wildman–Crippen LogP) is 3.89. The normalized spacial score (nSPS) is 11.7. The largest absolute Gasteiger partial charge is 0.497 e. The molecule has 3 rings (SSSR count). The summed E-state index contributed by atoms with van der Waals surface area (Å²) in [6, 6.07) is 17.0. The van der Waals surface area contributed by atoms with Crippen molar-refractivity contribution in [1.29, 1.82) is 0 Å². The summed E-state index contributed by atoms with van der Waals surface area (Å²) in [5.74, 6) is 1.78. The molecule has 0 aliphatic heterocycles. The van der Waals surface area contributed by atoms with Crippen LogP contribution in [0, 0.1) is 0 Å². The topological polar surface area (TPSA) is 67.7 Å². The minimum atomic E-state index is -0.296. The Balaban J connectivity index is 1.83. The standard InChI is InChI=1S/C21H22ClN3O3/c1-25(18(13-26)16-6-4-3-5-7-16)20-19(12-23-21(22)24-20)28-14-15-8-10-17(27-2)11-9-15/h3-12,18,26H,13-14H2,1-2H3. The molecular formula is C21H22ClN3O3. The SMILES string of the molecule is COc1ccc(COc2cnc(Cl)nc2N(C)C(CO)c2ccccc2)cc1. The summed E-state index contributed by atoms with van der Waals surface area (Å²) in [5.41, 5.74) is 1.94. The number of likely N-dealkylation sites (N-methyl/N-ethyl adjacent to an activating group) is 1. The smallest absolute Gasteiger partial charge is 0.224 e. The van der Waals surface area contributed by atoms with Crippen LogP contribution in [-0.2, 0) is 6.61 Å². The van der Waals surface area contributed by atoms with Gasteiger partial charge in [-0.2, -0.15) is 4.98 Å². The van der Waals surface area contributed by atoms with Gasteiger partial charge in [-0.15, -0.1) is 0 Å². The number of hydrogen-bond acceptors (Lipinski definition) is 6. The Kier molecular flexibility index (Phi) is 6.68. The van der Waals surface area contributed by atoms with Gasteiger partial charge >= 0.3 is 0 Å². The van der Waals surface area contributed by atoms with Crippen LogP contribution in [0.25, 0.3) is 0 Å². The monoisotopic (exact) mass is 399 g/mol. The molecule has 0 amide bonds. The number of aliphatic hydroxyl groups excluding tert-OH is 1. The van der Waals surface area contributed by atoms with Crippen molar-refractivity contribution in [3.8, 4) is 11.5 Å². The number of halogens is 1. The zero-order chi connectivity index (χ0) is 19.9. The zero-order valence-corrected chi connectivity index (χ0v) is 16.5. The number of methoxy groups -OCH3 is 1. The van der Waals surface area contributed by atoms with Gasteiger partial charge in [0, 0.05) is 7.05 Å².